The van der Waals surface area contributed by atoms with Gasteiger partial charge in [-0.2, -0.15) is 5.10 Å². The molecule has 0 radical (unpaired) electrons. The second-order valence-corrected chi connectivity index (χ2v) is 3.68. The number of aromatic nitrogens is 1. The Labute approximate surface area is 108 Å². The summed E-state index contributed by atoms with van der Waals surface area (Å²) < 4.78 is 13.6. The molecular formula is C12H12FN5O. The predicted molar refractivity (Wildman–Crippen MR) is 70.9 cm³/mol. The fourth-order valence-electron chi connectivity index (χ4n) is 1.75. The van der Waals surface area contributed by atoms with Crippen molar-refractivity contribution >= 4 is 28.8 Å². The van der Waals surface area contributed by atoms with Crippen LogP contribution in [0.5, 0.6) is 0 Å². The molecule has 4 N–H and O–H groups in total. The Hall–Kier alpha value is -2.70. The summed E-state index contributed by atoms with van der Waals surface area (Å²) in [6.07, 6.45) is 0.476. The van der Waals surface area contributed by atoms with E-state index in [1.165, 1.54) is 6.07 Å². The standard InChI is InChI=1S/C12H12FN5O/c1-15-18-12(16-6-19)9-5-7-3-2-4-8(13)10(7)11(14)17-9/h2-6,15H,1H3,(H2,14,17)(H,16,18,19). The molecule has 0 aliphatic heterocycles. The average Bonchev–Trinajstić information content (AvgIpc) is 2.38. The number of nitrogens with one attached hydrogen (secondary N) is 2. The Morgan fingerprint density at radius 3 is 3.00 bits per heavy atom. The number of carbonyl (C=O) groups is 1. The van der Waals surface area contributed by atoms with Crippen LogP contribution >= 0.6 is 0 Å². The van der Waals surface area contributed by atoms with Crippen LogP contribution in [0.15, 0.2) is 29.4 Å². The molecule has 0 fully saturated rings. The van der Waals surface area contributed by atoms with Crippen molar-refractivity contribution in [1.29, 1.82) is 0 Å². The Bertz CT molecular complexity index is 656. The zero-order chi connectivity index (χ0) is 13.8. The van der Waals surface area contributed by atoms with Gasteiger partial charge in [-0.1, -0.05) is 12.1 Å². The number of nitrogens with two attached hydrogens (primary N) is 1. The minimum Gasteiger partial charge on any atom is -0.383 e. The van der Waals surface area contributed by atoms with E-state index >= 15 is 0 Å². The highest BCUT2D eigenvalue weighted by atomic mass is 19.1. The van der Waals surface area contributed by atoms with Crippen LogP contribution < -0.4 is 16.5 Å². The maximum absolute atomic E-state index is 13.6. The minimum absolute atomic E-state index is 0.0436. The van der Waals surface area contributed by atoms with Gasteiger partial charge in [0.15, 0.2) is 5.84 Å². The van der Waals surface area contributed by atoms with Crippen LogP contribution in [-0.4, -0.2) is 24.3 Å². The van der Waals surface area contributed by atoms with Gasteiger partial charge in [-0.05, 0) is 17.5 Å². The highest BCUT2D eigenvalue weighted by molar-refractivity contribution is 6.05. The van der Waals surface area contributed by atoms with E-state index in [4.69, 9.17) is 5.73 Å². The number of nitrogens with zero attached hydrogens (tertiary/aromatic N) is 2. The van der Waals surface area contributed by atoms with Gasteiger partial charge in [-0.25, -0.2) is 9.37 Å². The Balaban J connectivity index is 2.63. The average molecular weight is 261 g/mol. The number of halogens is 1. The molecule has 0 unspecified atom stereocenters. The Kier molecular flexibility index (Phi) is 3.56. The molecule has 6 nitrogen and oxygen atoms in total. The Morgan fingerprint density at radius 1 is 1.53 bits per heavy atom. The van der Waals surface area contributed by atoms with Gasteiger partial charge in [0.2, 0.25) is 6.41 Å². The van der Waals surface area contributed by atoms with Crippen molar-refractivity contribution in [3.05, 3.63) is 35.8 Å². The van der Waals surface area contributed by atoms with E-state index in [-0.39, 0.29) is 17.0 Å². The van der Waals surface area contributed by atoms with Gasteiger partial charge >= 0.3 is 0 Å². The number of rotatable bonds is 3. The van der Waals surface area contributed by atoms with Gasteiger partial charge in [0.1, 0.15) is 17.3 Å². The quantitative estimate of drug-likeness (QED) is 0.326. The predicted octanol–water partition coefficient (Wildman–Crippen LogP) is 0.583. The molecule has 1 aromatic heterocycles. The van der Waals surface area contributed by atoms with E-state index in [0.717, 1.165) is 0 Å². The number of amides is 1. The molecule has 0 saturated carbocycles. The first-order chi connectivity index (χ1) is 9.17. The molecule has 2 rings (SSSR count). The number of hydrogen-bond donors (Lipinski definition) is 3. The molecule has 0 aliphatic rings. The lowest BCUT2D eigenvalue weighted by Crippen LogP contribution is -2.26. The van der Waals surface area contributed by atoms with E-state index < -0.39 is 5.82 Å². The van der Waals surface area contributed by atoms with Crippen molar-refractivity contribution in [1.82, 2.24) is 15.7 Å². The van der Waals surface area contributed by atoms with Crippen LogP contribution in [0.2, 0.25) is 0 Å². The summed E-state index contributed by atoms with van der Waals surface area (Å²) in [4.78, 5) is 14.6. The first-order valence-corrected chi connectivity index (χ1v) is 5.47. The normalized spacial score (nSPS) is 11.4. The van der Waals surface area contributed by atoms with Crippen LogP contribution in [0.25, 0.3) is 10.8 Å². The maximum Gasteiger partial charge on any atom is 0.212 e. The fourth-order valence-corrected chi connectivity index (χ4v) is 1.75. The van der Waals surface area contributed by atoms with Gasteiger partial charge in [-0.3, -0.25) is 4.79 Å². The molecule has 19 heavy (non-hydrogen) atoms. The summed E-state index contributed by atoms with van der Waals surface area (Å²) in [6.45, 7) is 0. The van der Waals surface area contributed by atoms with E-state index in [2.05, 4.69) is 20.8 Å². The molecule has 0 atom stereocenters. The third kappa shape index (κ3) is 2.44. The number of fused-ring (bicyclic) bond motifs is 1. The van der Waals surface area contributed by atoms with Gasteiger partial charge in [0.25, 0.3) is 0 Å². The number of pyridine rings is 1. The SMILES string of the molecule is CN/N=C(\NC=O)c1cc2cccc(F)c2c(N)n1. The summed E-state index contributed by atoms with van der Waals surface area (Å²) in [5, 5.41) is 7.10. The molecule has 0 bridgehead atoms. The van der Waals surface area contributed by atoms with Crippen molar-refractivity contribution < 1.29 is 9.18 Å². The van der Waals surface area contributed by atoms with Crippen LogP contribution in [0.4, 0.5) is 10.2 Å². The second-order valence-electron chi connectivity index (χ2n) is 3.68. The molecule has 1 amide bonds. The van der Waals surface area contributed by atoms with Crippen molar-refractivity contribution in [3.8, 4) is 0 Å². The van der Waals surface area contributed by atoms with Crippen LogP contribution in [0.3, 0.4) is 0 Å². The maximum atomic E-state index is 13.6. The lowest BCUT2D eigenvalue weighted by molar-refractivity contribution is -0.108. The third-order valence-corrected chi connectivity index (χ3v) is 2.50. The summed E-state index contributed by atoms with van der Waals surface area (Å²) >= 11 is 0. The molecule has 1 heterocycles. The van der Waals surface area contributed by atoms with Gasteiger partial charge in [-0.15, -0.1) is 0 Å². The molecule has 2 aromatic rings. The summed E-state index contributed by atoms with van der Waals surface area (Å²) in [7, 11) is 1.58. The van der Waals surface area contributed by atoms with Crippen molar-refractivity contribution in [2.75, 3.05) is 12.8 Å². The number of nitrogen functional groups attached to an aromatic ring is 1. The lowest BCUT2D eigenvalue weighted by Gasteiger charge is -2.08. The second kappa shape index (κ2) is 5.30. The van der Waals surface area contributed by atoms with Crippen molar-refractivity contribution in [2.24, 2.45) is 5.10 Å². The summed E-state index contributed by atoms with van der Waals surface area (Å²) in [6, 6.07) is 6.19. The molecule has 1 aromatic carbocycles. The van der Waals surface area contributed by atoms with Crippen LogP contribution in [0.1, 0.15) is 5.69 Å². The molecule has 7 heteroatoms. The van der Waals surface area contributed by atoms with E-state index in [1.54, 1.807) is 25.2 Å². The zero-order valence-corrected chi connectivity index (χ0v) is 10.1. The van der Waals surface area contributed by atoms with Gasteiger partial charge in [0.05, 0.1) is 5.39 Å². The lowest BCUT2D eigenvalue weighted by atomic mass is 10.1. The third-order valence-electron chi connectivity index (χ3n) is 2.50. The molecule has 0 aliphatic carbocycles. The molecule has 98 valence electrons. The first kappa shape index (κ1) is 12.7. The van der Waals surface area contributed by atoms with Gasteiger partial charge in [0, 0.05) is 7.05 Å². The fraction of sp³-hybridized carbons (Fsp3) is 0.0833. The number of benzene rings is 1. The van der Waals surface area contributed by atoms with E-state index in [9.17, 15) is 9.18 Å². The number of carbonyl (C=O) groups excluding carboxylic acids is 1. The number of hydrazone groups is 1. The van der Waals surface area contributed by atoms with Crippen LogP contribution in [-0.2, 0) is 4.79 Å². The topological polar surface area (TPSA) is 92.4 Å². The van der Waals surface area contributed by atoms with E-state index in [1.807, 2.05) is 0 Å². The number of hydrogen-bond acceptors (Lipinski definition) is 5. The van der Waals surface area contributed by atoms with Crippen molar-refractivity contribution in [3.63, 3.8) is 0 Å². The minimum atomic E-state index is -0.440. The van der Waals surface area contributed by atoms with E-state index in [0.29, 0.717) is 17.5 Å². The smallest absolute Gasteiger partial charge is 0.212 e. The van der Waals surface area contributed by atoms with Crippen LogP contribution in [0, 0.1) is 5.82 Å². The first-order valence-electron chi connectivity index (χ1n) is 5.47. The zero-order valence-electron chi connectivity index (χ0n) is 10.1. The molecular weight excluding hydrogens is 249 g/mol. The highest BCUT2D eigenvalue weighted by Crippen LogP contribution is 2.23. The highest BCUT2D eigenvalue weighted by Gasteiger charge is 2.11. The summed E-state index contributed by atoms with van der Waals surface area (Å²) in [5.74, 6) is -0.193. The number of amidine groups is 1. The van der Waals surface area contributed by atoms with Gasteiger partial charge < -0.3 is 16.5 Å². The van der Waals surface area contributed by atoms with Crippen molar-refractivity contribution in [2.45, 2.75) is 0 Å². The Morgan fingerprint density at radius 2 is 2.32 bits per heavy atom. The molecule has 0 saturated heterocycles. The molecule has 0 spiro atoms. The largest absolute Gasteiger partial charge is 0.383 e. The summed E-state index contributed by atoms with van der Waals surface area (Å²) in [5.41, 5.74) is 8.63. The number of anilines is 1. The monoisotopic (exact) mass is 261 g/mol.